The lowest BCUT2D eigenvalue weighted by atomic mass is 9.79. The number of ether oxygens (including phenoxy) is 1. The third-order valence-electron chi connectivity index (χ3n) is 6.04. The Labute approximate surface area is 167 Å². The summed E-state index contributed by atoms with van der Waals surface area (Å²) >= 11 is 0. The van der Waals surface area contributed by atoms with Gasteiger partial charge in [0.1, 0.15) is 11.9 Å². The third kappa shape index (κ3) is 6.40. The van der Waals surface area contributed by atoms with Gasteiger partial charge in [0.25, 0.3) is 0 Å². The second kappa shape index (κ2) is 9.66. The van der Waals surface area contributed by atoms with Crippen LogP contribution in [0.25, 0.3) is 0 Å². The summed E-state index contributed by atoms with van der Waals surface area (Å²) in [5, 5.41) is 3.51. The molecular weight excluding hydrogens is 358 g/mol. The maximum Gasteiger partial charge on any atom is 0.311 e. The van der Waals surface area contributed by atoms with Gasteiger partial charge >= 0.3 is 5.97 Å². The van der Waals surface area contributed by atoms with Crippen LogP contribution in [0.15, 0.2) is 0 Å². The Morgan fingerprint density at radius 3 is 2.22 bits per heavy atom. The molecule has 0 spiro atoms. The first kappa shape index (κ1) is 24.3. The fourth-order valence-corrected chi connectivity index (χ4v) is 7.17. The Balaban J connectivity index is 3.17. The van der Waals surface area contributed by atoms with Crippen LogP contribution in [0.4, 0.5) is 0 Å². The van der Waals surface area contributed by atoms with Gasteiger partial charge in [0.2, 0.25) is 0 Å². The zero-order valence-electron chi connectivity index (χ0n) is 18.7. The van der Waals surface area contributed by atoms with Gasteiger partial charge in [0.15, 0.2) is 8.32 Å². The lowest BCUT2D eigenvalue weighted by Gasteiger charge is -2.39. The van der Waals surface area contributed by atoms with Crippen LogP contribution in [0.2, 0.25) is 18.1 Å². The van der Waals surface area contributed by atoms with Gasteiger partial charge < -0.3 is 19.3 Å². The Kier molecular flexibility index (Phi) is 8.70. The molecule has 3 atom stereocenters. The highest BCUT2D eigenvalue weighted by molar-refractivity contribution is 6.73. The maximum atomic E-state index is 13.1. The van der Waals surface area contributed by atoms with E-state index >= 15 is 0 Å². The summed E-state index contributed by atoms with van der Waals surface area (Å²) < 4.78 is 12.6. The van der Waals surface area contributed by atoms with Crippen molar-refractivity contribution in [1.29, 1.82) is 0 Å². The second-order valence-corrected chi connectivity index (χ2v) is 14.1. The summed E-state index contributed by atoms with van der Waals surface area (Å²) in [7, 11) is -1.85. The minimum absolute atomic E-state index is 0.0197. The Morgan fingerprint density at radius 1 is 1.22 bits per heavy atom. The van der Waals surface area contributed by atoms with Crippen LogP contribution in [0.5, 0.6) is 0 Å². The lowest BCUT2D eigenvalue weighted by molar-refractivity contribution is -0.164. The summed E-state index contributed by atoms with van der Waals surface area (Å²) in [4.78, 5) is 24.1. The molecule has 0 aromatic carbocycles. The van der Waals surface area contributed by atoms with Crippen molar-refractivity contribution in [3.8, 4) is 0 Å². The van der Waals surface area contributed by atoms with Gasteiger partial charge in [-0.25, -0.2) is 0 Å². The monoisotopic (exact) mass is 399 g/mol. The second-order valence-electron chi connectivity index (χ2n) is 9.42. The Hall–Kier alpha value is -0.723. The van der Waals surface area contributed by atoms with Crippen molar-refractivity contribution >= 4 is 20.6 Å². The first-order valence-corrected chi connectivity index (χ1v) is 13.1. The smallest absolute Gasteiger partial charge is 0.311 e. The molecule has 1 N–H and O–H groups in total. The van der Waals surface area contributed by atoms with Crippen LogP contribution in [-0.2, 0) is 18.8 Å². The zero-order valence-corrected chi connectivity index (χ0v) is 19.7. The number of esters is 1. The van der Waals surface area contributed by atoms with Crippen LogP contribution >= 0.6 is 0 Å². The number of carbonyl (C=O) groups is 2. The summed E-state index contributed by atoms with van der Waals surface area (Å²) in [5.74, 6) is -0.434. The van der Waals surface area contributed by atoms with Crippen molar-refractivity contribution in [2.45, 2.75) is 104 Å². The molecule has 5 nitrogen and oxygen atoms in total. The van der Waals surface area contributed by atoms with Crippen molar-refractivity contribution in [2.75, 3.05) is 6.54 Å². The molecule has 1 aliphatic rings. The molecule has 0 amide bonds. The molecule has 158 valence electrons. The third-order valence-corrected chi connectivity index (χ3v) is 10.7. The van der Waals surface area contributed by atoms with Gasteiger partial charge in [0, 0.05) is 24.4 Å². The van der Waals surface area contributed by atoms with E-state index in [0.29, 0.717) is 19.4 Å². The highest BCUT2D eigenvalue weighted by atomic mass is 28.4. The first-order chi connectivity index (χ1) is 12.4. The molecular formula is C21H41NO4Si. The first-order valence-electron chi connectivity index (χ1n) is 10.5. The molecule has 0 saturated carbocycles. The molecule has 1 heterocycles. The van der Waals surface area contributed by atoms with Crippen molar-refractivity contribution < 1.29 is 18.8 Å². The number of hydrogen-bond donors (Lipinski definition) is 1. The topological polar surface area (TPSA) is 64.6 Å². The van der Waals surface area contributed by atoms with Crippen LogP contribution in [0.1, 0.15) is 68.2 Å². The summed E-state index contributed by atoms with van der Waals surface area (Å²) in [6.07, 6.45) is 2.00. The van der Waals surface area contributed by atoms with E-state index in [-0.39, 0.29) is 29.4 Å². The summed E-state index contributed by atoms with van der Waals surface area (Å²) in [6.45, 7) is 17.2. The SMILES string of the molecule is CC[Si](CC)(CC)O[C@H](CCC=O)C1CNC(C)(C)[C@H]1C(=O)OC(C)(C)C. The minimum Gasteiger partial charge on any atom is -0.460 e. The van der Waals surface area contributed by atoms with Crippen molar-refractivity contribution in [2.24, 2.45) is 11.8 Å². The zero-order chi connectivity index (χ0) is 20.9. The Bertz CT molecular complexity index is 489. The van der Waals surface area contributed by atoms with E-state index in [2.05, 4.69) is 39.9 Å². The minimum atomic E-state index is -1.85. The molecule has 6 heteroatoms. The van der Waals surface area contributed by atoms with Crippen molar-refractivity contribution in [3.05, 3.63) is 0 Å². The van der Waals surface area contributed by atoms with Gasteiger partial charge in [-0.1, -0.05) is 20.8 Å². The van der Waals surface area contributed by atoms with Crippen LogP contribution in [0, 0.1) is 11.8 Å². The quantitative estimate of drug-likeness (QED) is 0.337. The largest absolute Gasteiger partial charge is 0.460 e. The van der Waals surface area contributed by atoms with E-state index < -0.39 is 13.9 Å². The molecule has 0 aliphatic carbocycles. The molecule has 0 aromatic rings. The van der Waals surface area contributed by atoms with Gasteiger partial charge in [0.05, 0.1) is 12.0 Å². The van der Waals surface area contributed by atoms with E-state index in [1.807, 2.05) is 20.8 Å². The fraction of sp³-hybridized carbons (Fsp3) is 0.905. The number of rotatable bonds is 10. The number of hydrogen-bond acceptors (Lipinski definition) is 5. The standard InChI is InChI=1S/C21H41NO4Si/c1-9-27(10-2,11-3)26-17(13-12-14-23)16-15-22-21(7,8)18(16)19(24)25-20(4,5)6/h14,16-18,22H,9-13,15H2,1-8H3/t16?,17-,18-/m1/s1. The van der Waals surface area contributed by atoms with Gasteiger partial charge in [-0.15, -0.1) is 0 Å². The van der Waals surface area contributed by atoms with Crippen LogP contribution in [-0.4, -0.2) is 44.4 Å². The van der Waals surface area contributed by atoms with Crippen LogP contribution < -0.4 is 5.32 Å². The van der Waals surface area contributed by atoms with Gasteiger partial charge in [-0.05, 0) is 59.2 Å². The van der Waals surface area contributed by atoms with Crippen molar-refractivity contribution in [1.82, 2.24) is 5.32 Å². The van der Waals surface area contributed by atoms with Crippen molar-refractivity contribution in [3.63, 3.8) is 0 Å². The predicted molar refractivity (Wildman–Crippen MR) is 112 cm³/mol. The number of nitrogens with one attached hydrogen (secondary N) is 1. The molecule has 1 rings (SSSR count). The van der Waals surface area contributed by atoms with Crippen LogP contribution in [0.3, 0.4) is 0 Å². The van der Waals surface area contributed by atoms with E-state index in [4.69, 9.17) is 9.16 Å². The number of carbonyl (C=O) groups excluding carboxylic acids is 2. The lowest BCUT2D eigenvalue weighted by Crippen LogP contribution is -2.48. The van der Waals surface area contributed by atoms with E-state index in [1.54, 1.807) is 0 Å². The molecule has 0 bridgehead atoms. The number of aldehydes is 1. The van der Waals surface area contributed by atoms with Gasteiger partial charge in [-0.2, -0.15) is 0 Å². The predicted octanol–water partition coefficient (Wildman–Crippen LogP) is 4.31. The fourth-order valence-electron chi connectivity index (χ4n) is 4.24. The van der Waals surface area contributed by atoms with Gasteiger partial charge in [-0.3, -0.25) is 4.79 Å². The molecule has 0 radical (unpaired) electrons. The summed E-state index contributed by atoms with van der Waals surface area (Å²) in [6, 6.07) is 3.16. The Morgan fingerprint density at radius 2 is 1.78 bits per heavy atom. The maximum absolute atomic E-state index is 13.1. The normalized spacial score (nSPS) is 23.9. The summed E-state index contributed by atoms with van der Waals surface area (Å²) in [5.41, 5.74) is -0.876. The van der Waals surface area contributed by atoms with E-state index in [1.165, 1.54) is 0 Å². The highest BCUT2D eigenvalue weighted by Gasteiger charge is 2.51. The molecule has 0 aromatic heterocycles. The average Bonchev–Trinajstić information content (AvgIpc) is 2.89. The molecule has 1 aliphatic heterocycles. The molecule has 1 unspecified atom stereocenters. The van der Waals surface area contributed by atoms with E-state index in [0.717, 1.165) is 24.4 Å². The highest BCUT2D eigenvalue weighted by Crippen LogP contribution is 2.39. The molecule has 1 saturated heterocycles. The van der Waals surface area contributed by atoms with E-state index in [9.17, 15) is 9.59 Å². The molecule has 27 heavy (non-hydrogen) atoms. The average molecular weight is 400 g/mol. The molecule has 1 fully saturated rings.